The maximum Gasteiger partial charge on any atom is 0.253 e. The van der Waals surface area contributed by atoms with Gasteiger partial charge >= 0.3 is 0 Å². The lowest BCUT2D eigenvalue weighted by atomic mass is 10.1. The van der Waals surface area contributed by atoms with Crippen LogP contribution in [0.1, 0.15) is 30.1 Å². The summed E-state index contributed by atoms with van der Waals surface area (Å²) in [6.07, 6.45) is 2.34. The molecule has 0 atom stereocenters. The third kappa shape index (κ3) is 2.90. The van der Waals surface area contributed by atoms with E-state index in [1.807, 2.05) is 0 Å². The minimum atomic E-state index is -0.145. The topological polar surface area (TPSA) is 67.2 Å². The quantitative estimate of drug-likeness (QED) is 0.569. The van der Waals surface area contributed by atoms with Crippen molar-refractivity contribution in [2.75, 3.05) is 12.0 Å². The van der Waals surface area contributed by atoms with Gasteiger partial charge in [0.25, 0.3) is 5.91 Å². The van der Waals surface area contributed by atoms with Crippen LogP contribution in [-0.2, 0) is 0 Å². The van der Waals surface area contributed by atoms with Crippen molar-refractivity contribution in [1.82, 2.24) is 5.32 Å². The van der Waals surface area contributed by atoms with E-state index in [1.54, 1.807) is 18.2 Å². The number of rotatable bonds is 4. The van der Waals surface area contributed by atoms with Gasteiger partial charge in [0, 0.05) is 11.6 Å². The van der Waals surface area contributed by atoms with Crippen molar-refractivity contribution in [2.45, 2.75) is 19.8 Å². The number of hydrogen-bond acceptors (Lipinski definition) is 3. The molecule has 2 rings (SSSR count). The fraction of sp³-hybridized carbons (Fsp3) is 0.417. The molecule has 4 N–H and O–H groups in total. The number of benzene rings is 1. The summed E-state index contributed by atoms with van der Waals surface area (Å²) in [6, 6.07) is 4.99. The van der Waals surface area contributed by atoms with Gasteiger partial charge in [0.1, 0.15) is 0 Å². The summed E-state index contributed by atoms with van der Waals surface area (Å²) >= 11 is 5.87. The first-order valence-electron chi connectivity index (χ1n) is 5.58. The van der Waals surface area contributed by atoms with Crippen LogP contribution in [0.3, 0.4) is 0 Å². The Morgan fingerprint density at radius 3 is 2.82 bits per heavy atom. The molecule has 5 heteroatoms. The van der Waals surface area contributed by atoms with Gasteiger partial charge in [0.2, 0.25) is 0 Å². The minimum Gasteiger partial charge on any atom is -0.351 e. The minimum absolute atomic E-state index is 0.145. The molecule has 0 heterocycles. The fourth-order valence-corrected chi connectivity index (χ4v) is 1.78. The van der Waals surface area contributed by atoms with E-state index in [4.69, 9.17) is 17.4 Å². The van der Waals surface area contributed by atoms with Crippen molar-refractivity contribution >= 4 is 23.2 Å². The molecule has 17 heavy (non-hydrogen) atoms. The maximum atomic E-state index is 12.0. The van der Waals surface area contributed by atoms with Gasteiger partial charge in [0.05, 0.1) is 11.3 Å². The van der Waals surface area contributed by atoms with Crippen LogP contribution >= 0.6 is 11.6 Å². The van der Waals surface area contributed by atoms with Gasteiger partial charge in [-0.1, -0.05) is 18.5 Å². The number of carbonyl (C=O) groups excluding carboxylic acids is 1. The van der Waals surface area contributed by atoms with E-state index < -0.39 is 0 Å². The number of nitrogen functional groups attached to an aromatic ring is 1. The highest BCUT2D eigenvalue weighted by molar-refractivity contribution is 6.31. The van der Waals surface area contributed by atoms with E-state index in [-0.39, 0.29) is 11.3 Å². The number of halogens is 1. The molecule has 0 aliphatic heterocycles. The van der Waals surface area contributed by atoms with Crippen molar-refractivity contribution in [2.24, 2.45) is 11.3 Å². The van der Waals surface area contributed by atoms with Crippen molar-refractivity contribution in [3.63, 3.8) is 0 Å². The summed E-state index contributed by atoms with van der Waals surface area (Å²) < 4.78 is 0. The normalized spacial score (nSPS) is 16.4. The second kappa shape index (κ2) is 4.55. The number of amides is 1. The fourth-order valence-electron chi connectivity index (χ4n) is 1.61. The third-order valence-electron chi connectivity index (χ3n) is 3.16. The molecule has 1 aliphatic carbocycles. The Morgan fingerprint density at radius 2 is 2.24 bits per heavy atom. The van der Waals surface area contributed by atoms with Gasteiger partial charge in [0.15, 0.2) is 0 Å². The van der Waals surface area contributed by atoms with Crippen LogP contribution in [0, 0.1) is 5.41 Å². The molecular weight excluding hydrogens is 238 g/mol. The number of nitrogens with one attached hydrogen (secondary N) is 2. The summed E-state index contributed by atoms with van der Waals surface area (Å²) in [5.74, 6) is 5.21. The van der Waals surface area contributed by atoms with Crippen molar-refractivity contribution in [3.05, 3.63) is 28.8 Å². The van der Waals surface area contributed by atoms with Gasteiger partial charge in [-0.05, 0) is 36.5 Å². The largest absolute Gasteiger partial charge is 0.351 e. The average Bonchev–Trinajstić information content (AvgIpc) is 3.05. The SMILES string of the molecule is CC1(CNC(=O)c2cc(Cl)ccc2NN)CC1. The average molecular weight is 254 g/mol. The van der Waals surface area contributed by atoms with Crippen LogP contribution in [0.5, 0.6) is 0 Å². The third-order valence-corrected chi connectivity index (χ3v) is 3.40. The number of hydrogen-bond donors (Lipinski definition) is 3. The Morgan fingerprint density at radius 1 is 1.53 bits per heavy atom. The molecule has 1 amide bonds. The van der Waals surface area contributed by atoms with E-state index in [9.17, 15) is 4.79 Å². The predicted octanol–water partition coefficient (Wildman–Crippen LogP) is 2.16. The highest BCUT2D eigenvalue weighted by Gasteiger charge is 2.37. The lowest BCUT2D eigenvalue weighted by molar-refractivity contribution is 0.0947. The molecule has 0 aromatic heterocycles. The monoisotopic (exact) mass is 253 g/mol. The molecule has 1 saturated carbocycles. The molecule has 0 spiro atoms. The zero-order chi connectivity index (χ0) is 12.5. The van der Waals surface area contributed by atoms with E-state index in [0.29, 0.717) is 22.8 Å². The van der Waals surface area contributed by atoms with Crippen LogP contribution in [-0.4, -0.2) is 12.5 Å². The summed E-state index contributed by atoms with van der Waals surface area (Å²) in [5, 5.41) is 3.43. The zero-order valence-corrected chi connectivity index (χ0v) is 10.5. The number of hydrazine groups is 1. The smallest absolute Gasteiger partial charge is 0.253 e. The highest BCUT2D eigenvalue weighted by atomic mass is 35.5. The van der Waals surface area contributed by atoms with E-state index in [0.717, 1.165) is 0 Å². The van der Waals surface area contributed by atoms with Crippen LogP contribution in [0.15, 0.2) is 18.2 Å². The van der Waals surface area contributed by atoms with Crippen molar-refractivity contribution in [1.29, 1.82) is 0 Å². The van der Waals surface area contributed by atoms with Gasteiger partial charge in [-0.2, -0.15) is 0 Å². The standard InChI is InChI=1S/C12H16ClN3O/c1-12(4-5-12)7-15-11(17)9-6-8(13)2-3-10(9)16-14/h2-3,6,16H,4-5,7,14H2,1H3,(H,15,17). The zero-order valence-electron chi connectivity index (χ0n) is 9.72. The molecule has 4 nitrogen and oxygen atoms in total. The summed E-state index contributed by atoms with van der Waals surface area (Å²) in [4.78, 5) is 12.0. The second-order valence-corrected chi connectivity index (χ2v) is 5.26. The number of carbonyl (C=O) groups is 1. The highest BCUT2D eigenvalue weighted by Crippen LogP contribution is 2.44. The molecule has 0 unspecified atom stereocenters. The molecule has 0 saturated heterocycles. The lowest BCUT2D eigenvalue weighted by Gasteiger charge is -2.12. The van der Waals surface area contributed by atoms with Crippen LogP contribution in [0.2, 0.25) is 5.02 Å². The second-order valence-electron chi connectivity index (χ2n) is 4.83. The van der Waals surface area contributed by atoms with Crippen LogP contribution in [0.25, 0.3) is 0 Å². The molecule has 1 aromatic carbocycles. The predicted molar refractivity (Wildman–Crippen MR) is 68.9 cm³/mol. The number of nitrogens with two attached hydrogens (primary N) is 1. The van der Waals surface area contributed by atoms with E-state index in [2.05, 4.69) is 17.7 Å². The Balaban J connectivity index is 2.09. The summed E-state index contributed by atoms with van der Waals surface area (Å²) in [6.45, 7) is 2.86. The van der Waals surface area contributed by atoms with Crippen molar-refractivity contribution in [3.8, 4) is 0 Å². The van der Waals surface area contributed by atoms with E-state index >= 15 is 0 Å². The summed E-state index contributed by atoms with van der Waals surface area (Å²) in [7, 11) is 0. The Bertz CT molecular complexity index is 443. The molecule has 0 bridgehead atoms. The Hall–Kier alpha value is -1.26. The number of anilines is 1. The van der Waals surface area contributed by atoms with Gasteiger partial charge in [-0.15, -0.1) is 0 Å². The summed E-state index contributed by atoms with van der Waals surface area (Å²) in [5.41, 5.74) is 3.83. The molecule has 1 aromatic rings. The molecule has 1 aliphatic rings. The molecule has 92 valence electrons. The van der Waals surface area contributed by atoms with E-state index in [1.165, 1.54) is 12.8 Å². The van der Waals surface area contributed by atoms with Crippen LogP contribution < -0.4 is 16.6 Å². The lowest BCUT2D eigenvalue weighted by Crippen LogP contribution is -2.30. The van der Waals surface area contributed by atoms with Gasteiger partial charge in [-0.3, -0.25) is 10.6 Å². The molecular formula is C12H16ClN3O. The van der Waals surface area contributed by atoms with Gasteiger partial charge < -0.3 is 10.7 Å². The first kappa shape index (κ1) is 12.2. The molecule has 1 fully saturated rings. The first-order valence-corrected chi connectivity index (χ1v) is 5.96. The molecule has 0 radical (unpaired) electrons. The Labute approximate surface area is 105 Å². The van der Waals surface area contributed by atoms with Crippen LogP contribution in [0.4, 0.5) is 5.69 Å². The Kier molecular flexibility index (Phi) is 3.26. The van der Waals surface area contributed by atoms with Gasteiger partial charge in [-0.25, -0.2) is 0 Å². The van der Waals surface area contributed by atoms with Crippen molar-refractivity contribution < 1.29 is 4.79 Å². The maximum absolute atomic E-state index is 12.0. The first-order chi connectivity index (χ1) is 8.04.